The molecule has 1 aliphatic heterocycles. The van der Waals surface area contributed by atoms with Crippen LogP contribution in [0.25, 0.3) is 11.3 Å². The van der Waals surface area contributed by atoms with Crippen LogP contribution in [-0.4, -0.2) is 42.7 Å². The van der Waals surface area contributed by atoms with Gasteiger partial charge >= 0.3 is 0 Å². The molecule has 25 heavy (non-hydrogen) atoms. The fraction of sp³-hybridized carbons (Fsp3) is 0.333. The molecule has 3 N–H and O–H groups in total. The van der Waals surface area contributed by atoms with Crippen LogP contribution in [-0.2, 0) is 26.6 Å². The van der Waals surface area contributed by atoms with Gasteiger partial charge < -0.3 is 9.67 Å². The summed E-state index contributed by atoms with van der Waals surface area (Å²) in [6.45, 7) is 2.01. The third-order valence-corrected chi connectivity index (χ3v) is 4.74. The quantitative estimate of drug-likeness (QED) is 0.610. The molecule has 0 amide bonds. The number of aliphatic hydroxyl groups is 1. The summed E-state index contributed by atoms with van der Waals surface area (Å²) in [4.78, 5) is 6.12. The summed E-state index contributed by atoms with van der Waals surface area (Å²) in [7, 11) is 1.95. The Labute approximate surface area is 146 Å². The molecule has 4 rings (SSSR count). The van der Waals surface area contributed by atoms with Crippen LogP contribution in [0.1, 0.15) is 17.0 Å². The van der Waals surface area contributed by atoms with E-state index < -0.39 is 6.35 Å². The minimum Gasteiger partial charge on any atom is -0.365 e. The van der Waals surface area contributed by atoms with E-state index in [1.165, 1.54) is 5.56 Å². The zero-order valence-corrected chi connectivity index (χ0v) is 14.2. The molecule has 3 heterocycles. The molecule has 0 aliphatic carbocycles. The van der Waals surface area contributed by atoms with Crippen LogP contribution in [0.15, 0.2) is 42.9 Å². The fourth-order valence-corrected chi connectivity index (χ4v) is 3.24. The number of aryl methyl sites for hydroxylation is 1. The maximum Gasteiger partial charge on any atom is 0.163 e. The van der Waals surface area contributed by atoms with Crippen molar-refractivity contribution in [1.82, 2.24) is 30.0 Å². The van der Waals surface area contributed by atoms with Gasteiger partial charge in [-0.1, -0.05) is 30.3 Å². The number of nitrogens with one attached hydrogen (secondary N) is 2. The van der Waals surface area contributed by atoms with E-state index in [4.69, 9.17) is 0 Å². The van der Waals surface area contributed by atoms with Crippen LogP contribution in [0.3, 0.4) is 0 Å². The van der Waals surface area contributed by atoms with Gasteiger partial charge in [0, 0.05) is 56.1 Å². The third-order valence-electron chi connectivity index (χ3n) is 4.74. The molecule has 2 aromatic heterocycles. The molecule has 3 aromatic rings. The molecule has 7 nitrogen and oxygen atoms in total. The summed E-state index contributed by atoms with van der Waals surface area (Å²) < 4.78 is 1.94. The zero-order valence-electron chi connectivity index (χ0n) is 14.2. The van der Waals surface area contributed by atoms with Gasteiger partial charge in [0.1, 0.15) is 0 Å². The lowest BCUT2D eigenvalue weighted by molar-refractivity contribution is -0.0324. The number of aromatic nitrogens is 4. The van der Waals surface area contributed by atoms with Crippen molar-refractivity contribution in [2.24, 2.45) is 7.05 Å². The Bertz CT molecular complexity index is 840. The molecule has 1 atom stereocenters. The Morgan fingerprint density at radius 1 is 1.32 bits per heavy atom. The molecular formula is C18H22N6O. The van der Waals surface area contributed by atoms with Crippen molar-refractivity contribution in [2.75, 3.05) is 6.54 Å². The summed E-state index contributed by atoms with van der Waals surface area (Å²) in [5, 5.41) is 21.4. The van der Waals surface area contributed by atoms with E-state index in [1.54, 1.807) is 12.5 Å². The number of imidazole rings is 1. The van der Waals surface area contributed by atoms with Gasteiger partial charge in [-0.2, -0.15) is 5.10 Å². The summed E-state index contributed by atoms with van der Waals surface area (Å²) in [5.41, 5.74) is 5.43. The number of aliphatic hydroxyl groups excluding tert-OH is 1. The molecule has 7 heteroatoms. The van der Waals surface area contributed by atoms with E-state index in [-0.39, 0.29) is 0 Å². The highest BCUT2D eigenvalue weighted by Gasteiger charge is 2.26. The van der Waals surface area contributed by atoms with Gasteiger partial charge in [0.2, 0.25) is 0 Å². The normalized spacial score (nSPS) is 15.9. The predicted molar refractivity (Wildman–Crippen MR) is 94.2 cm³/mol. The Kier molecular flexibility index (Phi) is 4.35. The maximum absolute atomic E-state index is 10.5. The van der Waals surface area contributed by atoms with E-state index in [9.17, 15) is 5.11 Å². The van der Waals surface area contributed by atoms with Crippen molar-refractivity contribution in [3.8, 4) is 11.3 Å². The molecule has 0 saturated carbocycles. The summed E-state index contributed by atoms with van der Waals surface area (Å²) in [6, 6.07) is 10.2. The average molecular weight is 338 g/mol. The second kappa shape index (κ2) is 6.79. The average Bonchev–Trinajstić information content (AvgIpc) is 3.25. The topological polar surface area (TPSA) is 82.0 Å². The number of fused-ring (bicyclic) bond motifs is 1. The smallest absolute Gasteiger partial charge is 0.163 e. The van der Waals surface area contributed by atoms with Crippen molar-refractivity contribution in [3.63, 3.8) is 0 Å². The molecule has 1 aromatic carbocycles. The van der Waals surface area contributed by atoms with Crippen molar-refractivity contribution in [3.05, 3.63) is 59.8 Å². The standard InChI is InChI=1S/C18H22N6O/c1-23-12-19-9-14(23)10-20-18(25)24-8-7-16-15(11-24)17(22-21-16)13-5-3-2-4-6-13/h2-6,9,12,18,20,25H,7-8,10-11H2,1H3,(H,21,22). The van der Waals surface area contributed by atoms with Crippen LogP contribution in [0.2, 0.25) is 0 Å². The Morgan fingerprint density at radius 3 is 2.92 bits per heavy atom. The van der Waals surface area contributed by atoms with E-state index in [2.05, 4.69) is 32.6 Å². The molecule has 0 radical (unpaired) electrons. The second-order valence-corrected chi connectivity index (χ2v) is 6.37. The minimum absolute atomic E-state index is 0.567. The third kappa shape index (κ3) is 3.21. The zero-order chi connectivity index (χ0) is 17.2. The largest absolute Gasteiger partial charge is 0.365 e. The number of aromatic amines is 1. The number of H-pyrrole nitrogens is 1. The lowest BCUT2D eigenvalue weighted by Gasteiger charge is -2.31. The molecule has 0 fully saturated rings. The predicted octanol–water partition coefficient (Wildman–Crippen LogP) is 1.23. The van der Waals surface area contributed by atoms with Gasteiger partial charge in [0.05, 0.1) is 17.7 Å². The first-order valence-corrected chi connectivity index (χ1v) is 8.44. The molecule has 0 bridgehead atoms. The van der Waals surface area contributed by atoms with Crippen LogP contribution < -0.4 is 5.32 Å². The number of hydrogen-bond donors (Lipinski definition) is 3. The molecule has 1 aliphatic rings. The maximum atomic E-state index is 10.5. The van der Waals surface area contributed by atoms with E-state index >= 15 is 0 Å². The second-order valence-electron chi connectivity index (χ2n) is 6.37. The van der Waals surface area contributed by atoms with Gasteiger partial charge in [0.25, 0.3) is 0 Å². The van der Waals surface area contributed by atoms with Crippen molar-refractivity contribution >= 4 is 0 Å². The van der Waals surface area contributed by atoms with Gasteiger partial charge in [0.15, 0.2) is 6.35 Å². The Morgan fingerprint density at radius 2 is 2.16 bits per heavy atom. The van der Waals surface area contributed by atoms with Crippen LogP contribution in [0.4, 0.5) is 0 Å². The highest BCUT2D eigenvalue weighted by Crippen LogP contribution is 2.28. The first-order chi connectivity index (χ1) is 12.2. The highest BCUT2D eigenvalue weighted by molar-refractivity contribution is 5.64. The van der Waals surface area contributed by atoms with Gasteiger partial charge in [-0.05, 0) is 0 Å². The number of benzene rings is 1. The fourth-order valence-electron chi connectivity index (χ4n) is 3.24. The highest BCUT2D eigenvalue weighted by atomic mass is 16.3. The Hall–Kier alpha value is -2.48. The number of nitrogens with zero attached hydrogens (tertiary/aromatic N) is 4. The number of rotatable bonds is 5. The summed E-state index contributed by atoms with van der Waals surface area (Å²) >= 11 is 0. The van der Waals surface area contributed by atoms with E-state index in [0.29, 0.717) is 13.1 Å². The first kappa shape index (κ1) is 16.0. The van der Waals surface area contributed by atoms with Crippen molar-refractivity contribution in [1.29, 1.82) is 0 Å². The van der Waals surface area contributed by atoms with Gasteiger partial charge in [-0.15, -0.1) is 0 Å². The first-order valence-electron chi connectivity index (χ1n) is 8.44. The van der Waals surface area contributed by atoms with Crippen molar-refractivity contribution in [2.45, 2.75) is 25.9 Å². The van der Waals surface area contributed by atoms with Gasteiger partial charge in [-0.25, -0.2) is 4.98 Å². The van der Waals surface area contributed by atoms with Gasteiger partial charge in [-0.3, -0.25) is 15.3 Å². The molecule has 1 unspecified atom stereocenters. The SMILES string of the molecule is Cn1cncc1CNC(O)N1CCc2[nH]nc(-c3ccccc3)c2C1. The van der Waals surface area contributed by atoms with E-state index in [1.807, 2.05) is 34.7 Å². The molecular weight excluding hydrogens is 316 g/mol. The monoisotopic (exact) mass is 338 g/mol. The Balaban J connectivity index is 1.47. The molecule has 0 saturated heterocycles. The number of hydrogen-bond acceptors (Lipinski definition) is 5. The van der Waals surface area contributed by atoms with E-state index in [0.717, 1.165) is 35.6 Å². The summed E-state index contributed by atoms with van der Waals surface area (Å²) in [5.74, 6) is 0. The van der Waals surface area contributed by atoms with Crippen molar-refractivity contribution < 1.29 is 5.11 Å². The molecule has 130 valence electrons. The van der Waals surface area contributed by atoms with Crippen LogP contribution >= 0.6 is 0 Å². The molecule has 0 spiro atoms. The van der Waals surface area contributed by atoms with Crippen LogP contribution in [0, 0.1) is 0 Å². The summed E-state index contributed by atoms with van der Waals surface area (Å²) in [6.07, 6.45) is 3.70. The lowest BCUT2D eigenvalue weighted by atomic mass is 10.0. The minimum atomic E-state index is -0.707. The van der Waals surface area contributed by atoms with Crippen LogP contribution in [0.5, 0.6) is 0 Å². The lowest BCUT2D eigenvalue weighted by Crippen LogP contribution is -2.47.